The second-order valence-corrected chi connectivity index (χ2v) is 8.76. The first kappa shape index (κ1) is 19.1. The van der Waals surface area contributed by atoms with Crippen molar-refractivity contribution in [3.05, 3.63) is 109 Å². The molecule has 2 nitrogen and oxygen atoms in total. The molecule has 0 aliphatic carbocycles. The van der Waals surface area contributed by atoms with Crippen molar-refractivity contribution < 1.29 is 4.74 Å². The Labute approximate surface area is 197 Å². The topological polar surface area (TPSA) is 22.1 Å². The Hall–Kier alpha value is -4.43. The van der Waals surface area contributed by atoms with Crippen LogP contribution in [0.15, 0.2) is 109 Å². The lowest BCUT2D eigenvalue weighted by atomic mass is 9.89. The summed E-state index contributed by atoms with van der Waals surface area (Å²) >= 11 is 0. The number of hydrogen-bond acceptors (Lipinski definition) is 2. The van der Waals surface area contributed by atoms with Crippen LogP contribution in [-0.4, -0.2) is 12.1 Å². The summed E-state index contributed by atoms with van der Waals surface area (Å²) in [5.74, 6) is 0.846. The summed E-state index contributed by atoms with van der Waals surface area (Å²) in [6, 6.07) is 36.7. The lowest BCUT2D eigenvalue weighted by Gasteiger charge is -2.15. The minimum atomic E-state index is 0.846. The predicted octanol–water partition coefficient (Wildman–Crippen LogP) is 8.52. The van der Waals surface area contributed by atoms with E-state index in [0.717, 1.165) is 17.0 Å². The fraction of sp³-hybridized carbons (Fsp3) is 0.0312. The summed E-state index contributed by atoms with van der Waals surface area (Å²) in [7, 11) is 1.69. The molecule has 7 rings (SSSR count). The van der Waals surface area contributed by atoms with Gasteiger partial charge in [0.05, 0.1) is 12.8 Å². The zero-order valence-corrected chi connectivity index (χ0v) is 18.7. The standard InChI is InChI=1S/C32H21NO/c1-34-23-14-10-22(11-15-23)30-18-28-29(19-33-30)32-25-9-5-3-7-21(25)13-17-27(32)26-16-12-20-6-2-4-8-24(20)31(26)28/h2-19H,1H3. The zero-order valence-electron chi connectivity index (χ0n) is 18.7. The molecule has 2 heteroatoms. The molecule has 1 heterocycles. The molecule has 7 aromatic rings. The SMILES string of the molecule is COc1ccc(-c2cc3c(cn2)c2c4ccccc4ccc2c2ccc4ccccc4c23)cc1. The van der Waals surface area contributed by atoms with Gasteiger partial charge in [0, 0.05) is 17.1 Å². The fourth-order valence-electron chi connectivity index (χ4n) is 5.35. The number of rotatable bonds is 2. The quantitative estimate of drug-likeness (QED) is 0.254. The maximum atomic E-state index is 5.35. The van der Waals surface area contributed by atoms with E-state index in [9.17, 15) is 0 Å². The van der Waals surface area contributed by atoms with Gasteiger partial charge in [0.15, 0.2) is 0 Å². The van der Waals surface area contributed by atoms with Crippen molar-refractivity contribution >= 4 is 53.9 Å². The molecular formula is C32H21NO. The van der Waals surface area contributed by atoms with Crippen LogP contribution in [0.4, 0.5) is 0 Å². The van der Waals surface area contributed by atoms with E-state index >= 15 is 0 Å². The Kier molecular flexibility index (Phi) is 4.09. The Balaban J connectivity index is 1.70. The summed E-state index contributed by atoms with van der Waals surface area (Å²) in [4.78, 5) is 4.94. The molecule has 6 aromatic carbocycles. The molecule has 0 saturated heterocycles. The van der Waals surface area contributed by atoms with Crippen LogP contribution in [-0.2, 0) is 0 Å². The minimum absolute atomic E-state index is 0.846. The highest BCUT2D eigenvalue weighted by molar-refractivity contribution is 6.35. The van der Waals surface area contributed by atoms with Gasteiger partial charge in [-0.15, -0.1) is 0 Å². The predicted molar refractivity (Wildman–Crippen MR) is 144 cm³/mol. The number of methoxy groups -OCH3 is 1. The Morgan fingerprint density at radius 1 is 0.529 bits per heavy atom. The highest BCUT2D eigenvalue weighted by atomic mass is 16.5. The number of ether oxygens (including phenoxy) is 1. The van der Waals surface area contributed by atoms with Gasteiger partial charge in [-0.25, -0.2) is 0 Å². The van der Waals surface area contributed by atoms with Crippen molar-refractivity contribution in [2.75, 3.05) is 7.11 Å². The van der Waals surface area contributed by atoms with Gasteiger partial charge >= 0.3 is 0 Å². The number of hydrogen-bond donors (Lipinski definition) is 0. The highest BCUT2D eigenvalue weighted by Crippen LogP contribution is 2.42. The third-order valence-corrected chi connectivity index (χ3v) is 6.98. The maximum absolute atomic E-state index is 5.35. The van der Waals surface area contributed by atoms with Crippen molar-refractivity contribution in [2.45, 2.75) is 0 Å². The summed E-state index contributed by atoms with van der Waals surface area (Å²) in [6.07, 6.45) is 2.06. The Morgan fingerprint density at radius 3 is 1.74 bits per heavy atom. The van der Waals surface area contributed by atoms with Crippen LogP contribution in [0.2, 0.25) is 0 Å². The van der Waals surface area contributed by atoms with Gasteiger partial charge in [0.2, 0.25) is 0 Å². The molecule has 0 N–H and O–H groups in total. The van der Waals surface area contributed by atoms with Crippen molar-refractivity contribution in [3.63, 3.8) is 0 Å². The van der Waals surface area contributed by atoms with E-state index in [1.165, 1.54) is 53.9 Å². The fourth-order valence-corrected chi connectivity index (χ4v) is 5.35. The van der Waals surface area contributed by atoms with Crippen LogP contribution >= 0.6 is 0 Å². The van der Waals surface area contributed by atoms with Gasteiger partial charge in [-0.2, -0.15) is 0 Å². The van der Waals surface area contributed by atoms with Crippen molar-refractivity contribution in [1.82, 2.24) is 4.98 Å². The minimum Gasteiger partial charge on any atom is -0.497 e. The third-order valence-electron chi connectivity index (χ3n) is 6.98. The molecule has 0 radical (unpaired) electrons. The molecule has 160 valence electrons. The molecule has 0 amide bonds. The molecule has 0 spiro atoms. The van der Waals surface area contributed by atoms with Gasteiger partial charge in [0.1, 0.15) is 5.75 Å². The van der Waals surface area contributed by atoms with E-state index < -0.39 is 0 Å². The average molecular weight is 436 g/mol. The number of fused-ring (bicyclic) bond motifs is 10. The number of nitrogens with zero attached hydrogens (tertiary/aromatic N) is 1. The molecular weight excluding hydrogens is 414 g/mol. The molecule has 1 aromatic heterocycles. The molecule has 0 fully saturated rings. The summed E-state index contributed by atoms with van der Waals surface area (Å²) in [5, 5.41) is 12.5. The number of aromatic nitrogens is 1. The van der Waals surface area contributed by atoms with Crippen LogP contribution in [0.1, 0.15) is 0 Å². The molecule has 0 atom stereocenters. The lowest BCUT2D eigenvalue weighted by Crippen LogP contribution is -1.90. The van der Waals surface area contributed by atoms with Crippen LogP contribution in [0.3, 0.4) is 0 Å². The second kappa shape index (κ2) is 7.29. The van der Waals surface area contributed by atoms with Crippen LogP contribution < -0.4 is 4.74 Å². The second-order valence-electron chi connectivity index (χ2n) is 8.76. The normalized spacial score (nSPS) is 11.7. The Morgan fingerprint density at radius 2 is 1.12 bits per heavy atom. The first-order valence-corrected chi connectivity index (χ1v) is 11.5. The van der Waals surface area contributed by atoms with E-state index in [0.29, 0.717) is 0 Å². The van der Waals surface area contributed by atoms with E-state index in [-0.39, 0.29) is 0 Å². The van der Waals surface area contributed by atoms with Gasteiger partial charge in [0.25, 0.3) is 0 Å². The van der Waals surface area contributed by atoms with Gasteiger partial charge in [-0.1, -0.05) is 72.8 Å². The first-order valence-electron chi connectivity index (χ1n) is 11.5. The van der Waals surface area contributed by atoms with E-state index in [2.05, 4.69) is 97.2 Å². The molecule has 0 bridgehead atoms. The first-order chi connectivity index (χ1) is 16.8. The van der Waals surface area contributed by atoms with Crippen molar-refractivity contribution in [1.29, 1.82) is 0 Å². The molecule has 0 saturated carbocycles. The zero-order chi connectivity index (χ0) is 22.6. The van der Waals surface area contributed by atoms with Crippen molar-refractivity contribution in [3.8, 4) is 17.0 Å². The largest absolute Gasteiger partial charge is 0.497 e. The summed E-state index contributed by atoms with van der Waals surface area (Å²) in [6.45, 7) is 0. The highest BCUT2D eigenvalue weighted by Gasteiger charge is 2.15. The maximum Gasteiger partial charge on any atom is 0.118 e. The summed E-state index contributed by atoms with van der Waals surface area (Å²) in [5.41, 5.74) is 2.04. The van der Waals surface area contributed by atoms with Gasteiger partial charge in [-0.05, 0) is 78.8 Å². The number of pyridine rings is 1. The third kappa shape index (κ3) is 2.72. The van der Waals surface area contributed by atoms with E-state index in [1.54, 1.807) is 7.11 Å². The number of benzene rings is 6. The smallest absolute Gasteiger partial charge is 0.118 e. The van der Waals surface area contributed by atoms with E-state index in [1.807, 2.05) is 12.1 Å². The molecule has 0 aliphatic heterocycles. The molecule has 0 aliphatic rings. The average Bonchev–Trinajstić information content (AvgIpc) is 2.92. The molecule has 34 heavy (non-hydrogen) atoms. The van der Waals surface area contributed by atoms with Gasteiger partial charge in [-0.3, -0.25) is 4.98 Å². The summed E-state index contributed by atoms with van der Waals surface area (Å²) < 4.78 is 5.35. The van der Waals surface area contributed by atoms with Gasteiger partial charge < -0.3 is 4.74 Å². The van der Waals surface area contributed by atoms with Crippen LogP contribution in [0.5, 0.6) is 5.75 Å². The lowest BCUT2D eigenvalue weighted by molar-refractivity contribution is 0.415. The van der Waals surface area contributed by atoms with Crippen LogP contribution in [0, 0.1) is 0 Å². The molecule has 0 unspecified atom stereocenters. The van der Waals surface area contributed by atoms with Crippen molar-refractivity contribution in [2.24, 2.45) is 0 Å². The van der Waals surface area contributed by atoms with Crippen LogP contribution in [0.25, 0.3) is 65.1 Å². The monoisotopic (exact) mass is 435 g/mol. The van der Waals surface area contributed by atoms with E-state index in [4.69, 9.17) is 9.72 Å². The Bertz CT molecular complexity index is 1880.